The molecular weight excluding hydrogens is 290 g/mol. The number of hydrogen-bond donors (Lipinski definition) is 1. The van der Waals surface area contributed by atoms with Crippen molar-refractivity contribution in [1.82, 2.24) is 5.32 Å². The molecule has 1 fully saturated rings. The summed E-state index contributed by atoms with van der Waals surface area (Å²) in [4.78, 5) is 0.425. The second kappa shape index (κ2) is 4.85. The van der Waals surface area contributed by atoms with Gasteiger partial charge in [-0.15, -0.1) is 0 Å². The van der Waals surface area contributed by atoms with Crippen LogP contribution in [0.1, 0.15) is 12.8 Å². The van der Waals surface area contributed by atoms with E-state index in [9.17, 15) is 8.42 Å². The summed E-state index contributed by atoms with van der Waals surface area (Å²) in [6, 6.07) is 6.94. The van der Waals surface area contributed by atoms with Crippen molar-refractivity contribution in [1.29, 1.82) is 0 Å². The molecule has 1 aliphatic heterocycles. The highest BCUT2D eigenvalue weighted by Gasteiger charge is 2.28. The lowest BCUT2D eigenvalue weighted by atomic mass is 10.2. The van der Waals surface area contributed by atoms with E-state index >= 15 is 0 Å². The van der Waals surface area contributed by atoms with E-state index in [0.29, 0.717) is 17.7 Å². The fraction of sp³-hybridized carbons (Fsp3) is 0.455. The molecule has 1 aromatic rings. The molecule has 1 saturated heterocycles. The number of hydrogen-bond acceptors (Lipinski definition) is 3. The van der Waals surface area contributed by atoms with Gasteiger partial charge in [-0.2, -0.15) is 0 Å². The molecule has 0 bridgehead atoms. The van der Waals surface area contributed by atoms with Crippen molar-refractivity contribution in [2.24, 2.45) is 0 Å². The van der Waals surface area contributed by atoms with Gasteiger partial charge in [0.05, 0.1) is 10.1 Å². The average Bonchev–Trinajstić information content (AvgIpc) is 2.30. The standard InChI is InChI=1S/C11H14BrNO2S/c12-9-2-1-3-11(8-9)16(14,15)10-4-6-13-7-5-10/h1-3,8,10,13H,4-7H2. The van der Waals surface area contributed by atoms with E-state index in [1.807, 2.05) is 6.07 Å². The Kier molecular flexibility index (Phi) is 3.66. The lowest BCUT2D eigenvalue weighted by molar-refractivity contribution is 0.496. The Morgan fingerprint density at radius 2 is 1.94 bits per heavy atom. The molecule has 88 valence electrons. The molecular formula is C11H14BrNO2S. The van der Waals surface area contributed by atoms with E-state index < -0.39 is 9.84 Å². The maximum Gasteiger partial charge on any atom is 0.181 e. The lowest BCUT2D eigenvalue weighted by Crippen LogP contribution is -2.35. The highest BCUT2D eigenvalue weighted by molar-refractivity contribution is 9.10. The summed E-state index contributed by atoms with van der Waals surface area (Å²) in [7, 11) is -3.15. The zero-order valence-corrected chi connectivity index (χ0v) is 11.2. The molecule has 16 heavy (non-hydrogen) atoms. The molecule has 1 N–H and O–H groups in total. The summed E-state index contributed by atoms with van der Waals surface area (Å²) in [5.41, 5.74) is 0. The Labute approximate surface area is 104 Å². The molecule has 3 nitrogen and oxygen atoms in total. The van der Waals surface area contributed by atoms with Crippen molar-refractivity contribution < 1.29 is 8.42 Å². The molecule has 0 spiro atoms. The smallest absolute Gasteiger partial charge is 0.181 e. The molecule has 0 unspecified atom stereocenters. The Bertz CT molecular complexity index is 467. The SMILES string of the molecule is O=S(=O)(c1cccc(Br)c1)C1CCNCC1. The average molecular weight is 304 g/mol. The van der Waals surface area contributed by atoms with Crippen LogP contribution in [0.25, 0.3) is 0 Å². The number of halogens is 1. The number of piperidine rings is 1. The van der Waals surface area contributed by atoms with Crippen LogP contribution in [-0.2, 0) is 9.84 Å². The molecule has 0 atom stereocenters. The Balaban J connectivity index is 2.30. The van der Waals surface area contributed by atoms with Gasteiger partial charge in [-0.1, -0.05) is 22.0 Å². The quantitative estimate of drug-likeness (QED) is 0.909. The van der Waals surface area contributed by atoms with Crippen LogP contribution in [0.5, 0.6) is 0 Å². The first kappa shape index (κ1) is 12.1. The van der Waals surface area contributed by atoms with Gasteiger partial charge in [0, 0.05) is 4.47 Å². The zero-order valence-electron chi connectivity index (χ0n) is 8.82. The second-order valence-corrected chi connectivity index (χ2v) is 7.10. The molecule has 0 aromatic heterocycles. The minimum atomic E-state index is -3.15. The van der Waals surface area contributed by atoms with Gasteiger partial charge < -0.3 is 5.32 Å². The largest absolute Gasteiger partial charge is 0.317 e. The third-order valence-electron chi connectivity index (χ3n) is 2.85. The summed E-state index contributed by atoms with van der Waals surface area (Å²) in [6.45, 7) is 1.58. The van der Waals surface area contributed by atoms with Crippen LogP contribution >= 0.6 is 15.9 Å². The molecule has 0 saturated carbocycles. The number of benzene rings is 1. The first-order valence-electron chi connectivity index (χ1n) is 5.31. The van der Waals surface area contributed by atoms with E-state index in [4.69, 9.17) is 0 Å². The van der Waals surface area contributed by atoms with Crippen molar-refractivity contribution in [3.63, 3.8) is 0 Å². The maximum absolute atomic E-state index is 12.3. The highest BCUT2D eigenvalue weighted by Crippen LogP contribution is 2.24. The minimum absolute atomic E-state index is 0.233. The van der Waals surface area contributed by atoms with E-state index in [2.05, 4.69) is 21.2 Å². The van der Waals surface area contributed by atoms with Crippen LogP contribution < -0.4 is 5.32 Å². The van der Waals surface area contributed by atoms with Crippen molar-refractivity contribution in [3.05, 3.63) is 28.7 Å². The fourth-order valence-electron chi connectivity index (χ4n) is 1.94. The van der Waals surface area contributed by atoms with Crippen LogP contribution in [0.3, 0.4) is 0 Å². The second-order valence-electron chi connectivity index (χ2n) is 3.95. The van der Waals surface area contributed by atoms with Gasteiger partial charge in [-0.25, -0.2) is 8.42 Å². The van der Waals surface area contributed by atoms with Crippen LogP contribution in [-0.4, -0.2) is 26.8 Å². The molecule has 1 aliphatic rings. The molecule has 1 heterocycles. The molecule has 0 aliphatic carbocycles. The van der Waals surface area contributed by atoms with Crippen LogP contribution in [0, 0.1) is 0 Å². The van der Waals surface area contributed by atoms with Gasteiger partial charge in [0.1, 0.15) is 0 Å². The molecule has 0 radical (unpaired) electrons. The zero-order chi connectivity index (χ0) is 11.6. The van der Waals surface area contributed by atoms with Crippen LogP contribution in [0.4, 0.5) is 0 Å². The van der Waals surface area contributed by atoms with Gasteiger partial charge in [0.15, 0.2) is 9.84 Å². The van der Waals surface area contributed by atoms with E-state index in [1.165, 1.54) is 0 Å². The predicted octanol–water partition coefficient (Wildman–Crippen LogP) is 1.97. The first-order chi connectivity index (χ1) is 7.60. The van der Waals surface area contributed by atoms with E-state index in [1.54, 1.807) is 18.2 Å². The van der Waals surface area contributed by atoms with Crippen molar-refractivity contribution >= 4 is 25.8 Å². The maximum atomic E-state index is 12.3. The van der Waals surface area contributed by atoms with Gasteiger partial charge >= 0.3 is 0 Å². The van der Waals surface area contributed by atoms with Gasteiger partial charge in [-0.05, 0) is 44.1 Å². The summed E-state index contributed by atoms with van der Waals surface area (Å²) in [6.07, 6.45) is 1.41. The Morgan fingerprint density at radius 3 is 2.56 bits per heavy atom. The van der Waals surface area contributed by atoms with E-state index in [0.717, 1.165) is 17.6 Å². The van der Waals surface area contributed by atoms with Crippen LogP contribution in [0.15, 0.2) is 33.6 Å². The summed E-state index contributed by atoms with van der Waals surface area (Å²) in [5.74, 6) is 0. The minimum Gasteiger partial charge on any atom is -0.317 e. The normalized spacial score (nSPS) is 18.6. The van der Waals surface area contributed by atoms with E-state index in [-0.39, 0.29) is 5.25 Å². The summed E-state index contributed by atoms with van der Waals surface area (Å²) >= 11 is 3.30. The number of nitrogens with one attached hydrogen (secondary N) is 1. The van der Waals surface area contributed by atoms with Gasteiger partial charge in [0.25, 0.3) is 0 Å². The van der Waals surface area contributed by atoms with Crippen molar-refractivity contribution in [2.45, 2.75) is 23.0 Å². The van der Waals surface area contributed by atoms with Gasteiger partial charge in [0.2, 0.25) is 0 Å². The molecule has 1 aromatic carbocycles. The Morgan fingerprint density at radius 1 is 1.25 bits per heavy atom. The van der Waals surface area contributed by atoms with Crippen molar-refractivity contribution in [3.8, 4) is 0 Å². The summed E-state index contributed by atoms with van der Waals surface area (Å²) < 4.78 is 25.4. The predicted molar refractivity (Wildman–Crippen MR) is 67.2 cm³/mol. The summed E-state index contributed by atoms with van der Waals surface area (Å²) in [5, 5.41) is 2.94. The third kappa shape index (κ3) is 2.47. The van der Waals surface area contributed by atoms with Crippen LogP contribution in [0.2, 0.25) is 0 Å². The molecule has 0 amide bonds. The number of rotatable bonds is 2. The fourth-order valence-corrected chi connectivity index (χ4v) is 4.29. The third-order valence-corrected chi connectivity index (χ3v) is 5.60. The molecule has 5 heteroatoms. The first-order valence-corrected chi connectivity index (χ1v) is 7.65. The van der Waals surface area contributed by atoms with Crippen molar-refractivity contribution in [2.75, 3.05) is 13.1 Å². The molecule has 2 rings (SSSR count). The Hall–Kier alpha value is -0.390. The number of sulfone groups is 1. The highest BCUT2D eigenvalue weighted by atomic mass is 79.9. The lowest BCUT2D eigenvalue weighted by Gasteiger charge is -2.22. The monoisotopic (exact) mass is 303 g/mol. The van der Waals surface area contributed by atoms with Gasteiger partial charge in [-0.3, -0.25) is 0 Å². The topological polar surface area (TPSA) is 46.2 Å².